The van der Waals surface area contributed by atoms with Crippen molar-refractivity contribution in [3.63, 3.8) is 0 Å². The van der Waals surface area contributed by atoms with Crippen LogP contribution in [0.3, 0.4) is 0 Å². The van der Waals surface area contributed by atoms with Crippen LogP contribution in [-0.2, 0) is 0 Å². The van der Waals surface area contributed by atoms with Gasteiger partial charge in [0.15, 0.2) is 6.39 Å². The van der Waals surface area contributed by atoms with E-state index in [-0.39, 0.29) is 5.91 Å². The Morgan fingerprint density at radius 1 is 1.63 bits per heavy atom. The number of aryl methyl sites for hydroxylation is 1. The minimum Gasteiger partial charge on any atom is -0.438 e. The zero-order chi connectivity index (χ0) is 13.7. The number of nitrogens with one attached hydrogen (secondary N) is 1. The lowest BCUT2D eigenvalue weighted by atomic mass is 9.99. The third kappa shape index (κ3) is 3.56. The van der Waals surface area contributed by atoms with Gasteiger partial charge in [0.1, 0.15) is 0 Å². The number of hydrogen-bond acceptors (Lipinski definition) is 4. The van der Waals surface area contributed by atoms with Crippen LogP contribution in [0.1, 0.15) is 42.4 Å². The molecule has 1 unspecified atom stereocenters. The molecule has 0 spiro atoms. The normalized spacial score (nSPS) is 19.4. The lowest BCUT2D eigenvalue weighted by Crippen LogP contribution is -2.41. The fraction of sp³-hybridized carbons (Fsp3) is 0.714. The zero-order valence-electron chi connectivity index (χ0n) is 11.8. The maximum atomic E-state index is 12.5. The molecule has 1 saturated heterocycles. The number of nitrogens with zero attached hydrogens (tertiary/aromatic N) is 2. The van der Waals surface area contributed by atoms with E-state index in [1.807, 2.05) is 11.8 Å². The van der Waals surface area contributed by atoms with Crippen molar-refractivity contribution in [3.8, 4) is 0 Å². The number of carbonyl (C=O) groups excluding carboxylic acids is 1. The van der Waals surface area contributed by atoms with Gasteiger partial charge in [-0.3, -0.25) is 4.79 Å². The number of rotatable bonds is 5. The third-order valence-electron chi connectivity index (χ3n) is 3.60. The van der Waals surface area contributed by atoms with E-state index in [1.165, 1.54) is 19.2 Å². The van der Waals surface area contributed by atoms with Gasteiger partial charge in [-0.1, -0.05) is 6.92 Å². The SMILES string of the molecule is CCCN(CC1CCCNC1)C(=O)c1ocnc1C. The molecular formula is C14H23N3O2. The molecule has 1 N–H and O–H groups in total. The largest absolute Gasteiger partial charge is 0.438 e. The minimum absolute atomic E-state index is 0.0255. The van der Waals surface area contributed by atoms with E-state index in [0.29, 0.717) is 17.4 Å². The molecule has 5 nitrogen and oxygen atoms in total. The summed E-state index contributed by atoms with van der Waals surface area (Å²) in [5.41, 5.74) is 0.674. The van der Waals surface area contributed by atoms with Crippen LogP contribution in [0, 0.1) is 12.8 Å². The molecule has 0 aromatic carbocycles. The summed E-state index contributed by atoms with van der Waals surface area (Å²) >= 11 is 0. The smallest absolute Gasteiger partial charge is 0.291 e. The Balaban J connectivity index is 2.02. The molecule has 1 atom stereocenters. The Bertz CT molecular complexity index is 411. The van der Waals surface area contributed by atoms with Gasteiger partial charge in [-0.15, -0.1) is 0 Å². The van der Waals surface area contributed by atoms with Crippen molar-refractivity contribution < 1.29 is 9.21 Å². The van der Waals surface area contributed by atoms with Gasteiger partial charge in [0.05, 0.1) is 5.69 Å². The summed E-state index contributed by atoms with van der Waals surface area (Å²) in [6, 6.07) is 0. The summed E-state index contributed by atoms with van der Waals surface area (Å²) in [6.07, 6.45) is 4.68. The second kappa shape index (κ2) is 6.70. The maximum Gasteiger partial charge on any atom is 0.291 e. The Labute approximate surface area is 114 Å². The highest BCUT2D eigenvalue weighted by atomic mass is 16.3. The summed E-state index contributed by atoms with van der Waals surface area (Å²) in [5.74, 6) is 0.909. The quantitative estimate of drug-likeness (QED) is 0.882. The highest BCUT2D eigenvalue weighted by Crippen LogP contribution is 2.15. The zero-order valence-corrected chi connectivity index (χ0v) is 11.8. The van der Waals surface area contributed by atoms with Crippen molar-refractivity contribution in [3.05, 3.63) is 17.8 Å². The van der Waals surface area contributed by atoms with Crippen LogP contribution in [0.5, 0.6) is 0 Å². The van der Waals surface area contributed by atoms with E-state index in [9.17, 15) is 4.79 Å². The molecule has 0 aliphatic carbocycles. The molecule has 1 fully saturated rings. The fourth-order valence-electron chi connectivity index (χ4n) is 2.59. The number of oxazole rings is 1. The highest BCUT2D eigenvalue weighted by molar-refractivity contribution is 5.92. The van der Waals surface area contributed by atoms with Crippen molar-refractivity contribution in [1.29, 1.82) is 0 Å². The molecule has 1 aliphatic rings. The summed E-state index contributed by atoms with van der Waals surface area (Å²) < 4.78 is 5.22. The molecule has 0 bridgehead atoms. The van der Waals surface area contributed by atoms with E-state index < -0.39 is 0 Å². The lowest BCUT2D eigenvalue weighted by molar-refractivity contribution is 0.0685. The Hall–Kier alpha value is -1.36. The molecule has 2 heterocycles. The molecule has 5 heteroatoms. The molecule has 19 heavy (non-hydrogen) atoms. The van der Waals surface area contributed by atoms with Gasteiger partial charge in [-0.05, 0) is 45.2 Å². The molecule has 2 rings (SSSR count). The summed E-state index contributed by atoms with van der Waals surface area (Å²) in [5, 5.41) is 3.39. The van der Waals surface area contributed by atoms with Crippen molar-refractivity contribution >= 4 is 5.91 Å². The first kappa shape index (κ1) is 14.1. The van der Waals surface area contributed by atoms with Crippen LogP contribution in [0.4, 0.5) is 0 Å². The molecule has 1 aliphatic heterocycles. The monoisotopic (exact) mass is 265 g/mol. The van der Waals surface area contributed by atoms with Crippen molar-refractivity contribution in [2.24, 2.45) is 5.92 Å². The van der Waals surface area contributed by atoms with Crippen molar-refractivity contribution in [1.82, 2.24) is 15.2 Å². The van der Waals surface area contributed by atoms with Crippen LogP contribution in [0.2, 0.25) is 0 Å². The molecule has 1 amide bonds. The van der Waals surface area contributed by atoms with Crippen LogP contribution in [0.15, 0.2) is 10.8 Å². The van der Waals surface area contributed by atoms with E-state index in [0.717, 1.165) is 32.6 Å². The number of piperidine rings is 1. The predicted molar refractivity (Wildman–Crippen MR) is 73.0 cm³/mol. The Morgan fingerprint density at radius 2 is 2.47 bits per heavy atom. The topological polar surface area (TPSA) is 58.4 Å². The lowest BCUT2D eigenvalue weighted by Gasteiger charge is -2.29. The van der Waals surface area contributed by atoms with Crippen LogP contribution >= 0.6 is 0 Å². The predicted octanol–water partition coefficient (Wildman–Crippen LogP) is 1.83. The van der Waals surface area contributed by atoms with Gasteiger partial charge >= 0.3 is 0 Å². The number of hydrogen-bond donors (Lipinski definition) is 1. The van der Waals surface area contributed by atoms with Gasteiger partial charge in [0.25, 0.3) is 5.91 Å². The van der Waals surface area contributed by atoms with Gasteiger partial charge in [0.2, 0.25) is 5.76 Å². The van der Waals surface area contributed by atoms with E-state index in [4.69, 9.17) is 4.42 Å². The maximum absolute atomic E-state index is 12.5. The Kier molecular flexibility index (Phi) is 4.96. The molecule has 0 radical (unpaired) electrons. The van der Waals surface area contributed by atoms with E-state index in [2.05, 4.69) is 17.2 Å². The van der Waals surface area contributed by atoms with Crippen LogP contribution < -0.4 is 5.32 Å². The average Bonchev–Trinajstić information content (AvgIpc) is 2.85. The van der Waals surface area contributed by atoms with Crippen LogP contribution in [0.25, 0.3) is 0 Å². The first-order chi connectivity index (χ1) is 9.22. The number of amides is 1. The van der Waals surface area contributed by atoms with Gasteiger partial charge in [0, 0.05) is 13.1 Å². The Morgan fingerprint density at radius 3 is 3.05 bits per heavy atom. The third-order valence-corrected chi connectivity index (χ3v) is 3.60. The van der Waals surface area contributed by atoms with Gasteiger partial charge < -0.3 is 14.6 Å². The van der Waals surface area contributed by atoms with Crippen LogP contribution in [-0.4, -0.2) is 42.0 Å². The molecule has 106 valence electrons. The van der Waals surface area contributed by atoms with E-state index >= 15 is 0 Å². The fourth-order valence-corrected chi connectivity index (χ4v) is 2.59. The summed E-state index contributed by atoms with van der Waals surface area (Å²) in [6.45, 7) is 7.58. The minimum atomic E-state index is -0.0255. The van der Waals surface area contributed by atoms with Gasteiger partial charge in [-0.25, -0.2) is 4.98 Å². The van der Waals surface area contributed by atoms with Gasteiger partial charge in [-0.2, -0.15) is 0 Å². The molecule has 1 aromatic rings. The molecule has 1 aromatic heterocycles. The van der Waals surface area contributed by atoms with E-state index in [1.54, 1.807) is 0 Å². The number of carbonyl (C=O) groups is 1. The average molecular weight is 265 g/mol. The summed E-state index contributed by atoms with van der Waals surface area (Å²) in [7, 11) is 0. The number of aromatic nitrogens is 1. The van der Waals surface area contributed by atoms with Crippen molar-refractivity contribution in [2.45, 2.75) is 33.1 Å². The second-order valence-corrected chi connectivity index (χ2v) is 5.23. The molecular weight excluding hydrogens is 242 g/mol. The first-order valence-electron chi connectivity index (χ1n) is 7.12. The van der Waals surface area contributed by atoms with Crippen molar-refractivity contribution in [2.75, 3.05) is 26.2 Å². The first-order valence-corrected chi connectivity index (χ1v) is 7.12. The highest BCUT2D eigenvalue weighted by Gasteiger charge is 2.24. The molecule has 0 saturated carbocycles. The second-order valence-electron chi connectivity index (χ2n) is 5.23. The standard InChI is InChI=1S/C14H23N3O2/c1-3-7-17(9-12-5-4-6-15-8-12)14(18)13-11(2)16-10-19-13/h10,12,15H,3-9H2,1-2H3. The summed E-state index contributed by atoms with van der Waals surface area (Å²) in [4.78, 5) is 18.4.